The van der Waals surface area contributed by atoms with Gasteiger partial charge in [-0.2, -0.15) is 13.2 Å². The summed E-state index contributed by atoms with van der Waals surface area (Å²) in [5, 5.41) is 0. The number of rotatable bonds is 3. The van der Waals surface area contributed by atoms with Crippen LogP contribution in [-0.4, -0.2) is 7.11 Å². The number of anilines is 1. The lowest BCUT2D eigenvalue weighted by Gasteiger charge is -2.13. The molecule has 2 aromatic rings. The zero-order valence-corrected chi connectivity index (χ0v) is 11.4. The monoisotopic (exact) mass is 299 g/mol. The number of hydrogen-bond acceptors (Lipinski definition) is 3. The van der Waals surface area contributed by atoms with Gasteiger partial charge in [0.1, 0.15) is 5.75 Å². The van der Waals surface area contributed by atoms with Crippen molar-refractivity contribution in [3.63, 3.8) is 0 Å². The summed E-state index contributed by atoms with van der Waals surface area (Å²) in [4.78, 5) is 0.818. The maximum absolute atomic E-state index is 13.0. The fourth-order valence-electron chi connectivity index (χ4n) is 1.63. The van der Waals surface area contributed by atoms with Gasteiger partial charge < -0.3 is 10.5 Å². The molecule has 0 unspecified atom stereocenters. The summed E-state index contributed by atoms with van der Waals surface area (Å²) in [5.41, 5.74) is 4.80. The average Bonchev–Trinajstić information content (AvgIpc) is 2.40. The van der Waals surface area contributed by atoms with E-state index in [0.29, 0.717) is 10.6 Å². The van der Waals surface area contributed by atoms with E-state index in [4.69, 9.17) is 10.5 Å². The number of alkyl halides is 3. The first-order valence-electron chi connectivity index (χ1n) is 5.69. The molecule has 2 nitrogen and oxygen atoms in total. The van der Waals surface area contributed by atoms with Crippen LogP contribution in [0.1, 0.15) is 5.56 Å². The standard InChI is InChI=1S/C14H12F3NOS/c1-19-10-3-5-11(6-4-10)20-13-7-2-9(18)8-12(13)14(15,16)17/h2-8H,18H2,1H3. The minimum absolute atomic E-state index is 0.0939. The highest BCUT2D eigenvalue weighted by molar-refractivity contribution is 7.99. The third kappa shape index (κ3) is 3.39. The Labute approximate surface area is 118 Å². The average molecular weight is 299 g/mol. The topological polar surface area (TPSA) is 35.2 Å². The van der Waals surface area contributed by atoms with Gasteiger partial charge in [0.15, 0.2) is 0 Å². The van der Waals surface area contributed by atoms with Gasteiger partial charge in [-0.15, -0.1) is 0 Å². The van der Waals surface area contributed by atoms with Gasteiger partial charge >= 0.3 is 6.18 Å². The van der Waals surface area contributed by atoms with E-state index in [2.05, 4.69) is 0 Å². The zero-order chi connectivity index (χ0) is 14.8. The van der Waals surface area contributed by atoms with Crippen molar-refractivity contribution in [3.8, 4) is 5.75 Å². The number of nitrogen functional groups attached to an aromatic ring is 1. The van der Waals surface area contributed by atoms with Crippen molar-refractivity contribution >= 4 is 17.4 Å². The molecular weight excluding hydrogens is 287 g/mol. The number of ether oxygens (including phenoxy) is 1. The molecule has 2 N–H and O–H groups in total. The Hall–Kier alpha value is -1.82. The summed E-state index contributed by atoms with van der Waals surface area (Å²) in [6, 6.07) is 10.6. The van der Waals surface area contributed by atoms with Gasteiger partial charge in [-0.25, -0.2) is 0 Å². The van der Waals surface area contributed by atoms with Gasteiger partial charge in [-0.1, -0.05) is 11.8 Å². The molecule has 0 saturated carbocycles. The van der Waals surface area contributed by atoms with Gasteiger partial charge in [0.05, 0.1) is 12.7 Å². The number of benzene rings is 2. The van der Waals surface area contributed by atoms with E-state index in [0.717, 1.165) is 17.8 Å². The first kappa shape index (κ1) is 14.6. The maximum atomic E-state index is 13.0. The Balaban J connectivity index is 2.32. The fraction of sp³-hybridized carbons (Fsp3) is 0.143. The van der Waals surface area contributed by atoms with Crippen LogP contribution in [0.4, 0.5) is 18.9 Å². The lowest BCUT2D eigenvalue weighted by Crippen LogP contribution is -2.07. The van der Waals surface area contributed by atoms with E-state index >= 15 is 0 Å². The third-order valence-corrected chi connectivity index (χ3v) is 3.68. The summed E-state index contributed by atoms with van der Waals surface area (Å²) in [7, 11) is 1.53. The van der Waals surface area contributed by atoms with Crippen molar-refractivity contribution in [2.24, 2.45) is 0 Å². The smallest absolute Gasteiger partial charge is 0.417 e. The predicted molar refractivity (Wildman–Crippen MR) is 73.0 cm³/mol. The number of halogens is 3. The van der Waals surface area contributed by atoms with Crippen LogP contribution in [0, 0.1) is 0 Å². The summed E-state index contributed by atoms with van der Waals surface area (Å²) in [5.74, 6) is 0.655. The van der Waals surface area contributed by atoms with E-state index in [-0.39, 0.29) is 10.6 Å². The minimum Gasteiger partial charge on any atom is -0.497 e. The Kier molecular flexibility index (Phi) is 4.13. The molecule has 6 heteroatoms. The molecule has 20 heavy (non-hydrogen) atoms. The van der Waals surface area contributed by atoms with Crippen LogP contribution in [0.25, 0.3) is 0 Å². The highest BCUT2D eigenvalue weighted by Gasteiger charge is 2.33. The highest BCUT2D eigenvalue weighted by atomic mass is 32.2. The molecule has 0 aliphatic rings. The van der Waals surface area contributed by atoms with Gasteiger partial charge in [-0.05, 0) is 42.5 Å². The lowest BCUT2D eigenvalue weighted by atomic mass is 10.2. The fourth-order valence-corrected chi connectivity index (χ4v) is 2.58. The molecule has 0 radical (unpaired) electrons. The molecule has 106 valence electrons. The molecule has 0 spiro atoms. The highest BCUT2D eigenvalue weighted by Crippen LogP contribution is 2.40. The third-order valence-electron chi connectivity index (χ3n) is 2.60. The van der Waals surface area contributed by atoms with Crippen molar-refractivity contribution in [2.75, 3.05) is 12.8 Å². The summed E-state index contributed by atoms with van der Waals surface area (Å²) >= 11 is 1.04. The molecule has 0 fully saturated rings. The second kappa shape index (κ2) is 5.66. The molecular formula is C14H12F3NOS. The molecule has 0 saturated heterocycles. The van der Waals surface area contributed by atoms with Crippen molar-refractivity contribution in [2.45, 2.75) is 16.0 Å². The van der Waals surface area contributed by atoms with Crippen molar-refractivity contribution in [1.82, 2.24) is 0 Å². The number of hydrogen-bond donors (Lipinski definition) is 1. The molecule has 2 rings (SSSR count). The molecule has 0 aliphatic heterocycles. The maximum Gasteiger partial charge on any atom is 0.417 e. The molecule has 0 atom stereocenters. The molecule has 0 aliphatic carbocycles. The van der Waals surface area contributed by atoms with Gasteiger partial charge in [0.2, 0.25) is 0 Å². The number of nitrogens with two attached hydrogens (primary N) is 1. The van der Waals surface area contributed by atoms with Crippen molar-refractivity contribution in [3.05, 3.63) is 48.0 Å². The van der Waals surface area contributed by atoms with Crippen molar-refractivity contribution in [1.29, 1.82) is 0 Å². The van der Waals surface area contributed by atoms with Crippen LogP contribution >= 0.6 is 11.8 Å². The van der Waals surface area contributed by atoms with Crippen LogP contribution in [0.15, 0.2) is 52.3 Å². The molecule has 0 heterocycles. The lowest BCUT2D eigenvalue weighted by molar-refractivity contribution is -0.139. The van der Waals surface area contributed by atoms with E-state index in [1.165, 1.54) is 19.2 Å². The number of methoxy groups -OCH3 is 1. The second-order valence-electron chi connectivity index (χ2n) is 4.03. The second-order valence-corrected chi connectivity index (χ2v) is 5.15. The van der Waals surface area contributed by atoms with E-state index in [1.54, 1.807) is 24.3 Å². The Morgan fingerprint density at radius 1 is 1.05 bits per heavy atom. The quantitative estimate of drug-likeness (QED) is 0.851. The largest absolute Gasteiger partial charge is 0.497 e. The minimum atomic E-state index is -4.43. The van der Waals surface area contributed by atoms with Gasteiger partial charge in [0, 0.05) is 15.5 Å². The Morgan fingerprint density at radius 3 is 2.25 bits per heavy atom. The van der Waals surface area contributed by atoms with E-state index in [9.17, 15) is 13.2 Å². The molecule has 0 amide bonds. The van der Waals surface area contributed by atoms with Crippen molar-refractivity contribution < 1.29 is 17.9 Å². The van der Waals surface area contributed by atoms with Crippen LogP contribution in [0.2, 0.25) is 0 Å². The van der Waals surface area contributed by atoms with E-state index < -0.39 is 11.7 Å². The summed E-state index contributed by atoms with van der Waals surface area (Å²) in [6.07, 6.45) is -4.43. The Bertz CT molecular complexity index is 596. The molecule has 0 aromatic heterocycles. The Morgan fingerprint density at radius 2 is 1.70 bits per heavy atom. The SMILES string of the molecule is COc1ccc(Sc2ccc(N)cc2C(F)(F)F)cc1. The normalized spacial score (nSPS) is 11.4. The van der Waals surface area contributed by atoms with E-state index in [1.807, 2.05) is 0 Å². The van der Waals surface area contributed by atoms with Crippen LogP contribution < -0.4 is 10.5 Å². The molecule has 0 bridgehead atoms. The van der Waals surface area contributed by atoms with Gasteiger partial charge in [0.25, 0.3) is 0 Å². The predicted octanol–water partition coefficient (Wildman–Crippen LogP) is 4.45. The first-order chi connectivity index (χ1) is 9.40. The molecule has 2 aromatic carbocycles. The zero-order valence-electron chi connectivity index (χ0n) is 10.6. The van der Waals surface area contributed by atoms with Gasteiger partial charge in [-0.3, -0.25) is 0 Å². The summed E-state index contributed by atoms with van der Waals surface area (Å²) < 4.78 is 43.9. The first-order valence-corrected chi connectivity index (χ1v) is 6.50. The van der Waals surface area contributed by atoms with Crippen LogP contribution in [0.5, 0.6) is 5.75 Å². The van der Waals surface area contributed by atoms with Crippen LogP contribution in [-0.2, 0) is 6.18 Å². The summed E-state index contributed by atoms with van der Waals surface area (Å²) in [6.45, 7) is 0. The van der Waals surface area contributed by atoms with Crippen LogP contribution in [0.3, 0.4) is 0 Å².